The normalized spacial score (nSPS) is 16.8. The van der Waals surface area contributed by atoms with Crippen LogP contribution in [0.3, 0.4) is 0 Å². The molecule has 3 aromatic rings. The predicted molar refractivity (Wildman–Crippen MR) is 87.1 cm³/mol. The Morgan fingerprint density at radius 3 is 3.00 bits per heavy atom. The lowest BCUT2D eigenvalue weighted by Crippen LogP contribution is -2.16. The summed E-state index contributed by atoms with van der Waals surface area (Å²) in [4.78, 5) is 12.6. The third-order valence-corrected chi connectivity index (χ3v) is 4.78. The SMILES string of the molecule is COCCc1nc2cnc3[nH]ccc3c2n1C1CCCCC1. The monoisotopic (exact) mass is 298 g/mol. The van der Waals surface area contributed by atoms with Crippen LogP contribution >= 0.6 is 0 Å². The molecular formula is C17H22N4O. The Bertz CT molecular complexity index is 783. The van der Waals surface area contributed by atoms with Crippen LogP contribution in [0.2, 0.25) is 0 Å². The second-order valence-corrected chi connectivity index (χ2v) is 6.16. The first kappa shape index (κ1) is 13.8. The summed E-state index contributed by atoms with van der Waals surface area (Å²) in [5.41, 5.74) is 3.19. The van der Waals surface area contributed by atoms with E-state index in [1.807, 2.05) is 12.4 Å². The van der Waals surface area contributed by atoms with Gasteiger partial charge in [-0.1, -0.05) is 19.3 Å². The van der Waals surface area contributed by atoms with Crippen LogP contribution in [0.1, 0.15) is 44.0 Å². The molecule has 5 nitrogen and oxygen atoms in total. The van der Waals surface area contributed by atoms with Gasteiger partial charge in [0, 0.05) is 31.2 Å². The largest absolute Gasteiger partial charge is 0.384 e. The maximum atomic E-state index is 5.28. The molecular weight excluding hydrogens is 276 g/mol. The minimum absolute atomic E-state index is 0.561. The highest BCUT2D eigenvalue weighted by atomic mass is 16.5. The Balaban J connectivity index is 1.92. The van der Waals surface area contributed by atoms with Gasteiger partial charge in [0.1, 0.15) is 17.0 Å². The second kappa shape index (κ2) is 5.72. The molecule has 1 aliphatic rings. The number of hydrogen-bond donors (Lipinski definition) is 1. The van der Waals surface area contributed by atoms with Gasteiger partial charge >= 0.3 is 0 Å². The molecule has 4 rings (SSSR count). The maximum absolute atomic E-state index is 5.28. The van der Waals surface area contributed by atoms with Crippen LogP contribution in [-0.2, 0) is 11.2 Å². The van der Waals surface area contributed by atoms with Gasteiger partial charge in [0.15, 0.2) is 0 Å². The molecule has 0 amide bonds. The van der Waals surface area contributed by atoms with E-state index in [0.717, 1.165) is 23.4 Å². The minimum Gasteiger partial charge on any atom is -0.384 e. The van der Waals surface area contributed by atoms with Crippen molar-refractivity contribution in [1.29, 1.82) is 0 Å². The van der Waals surface area contributed by atoms with Gasteiger partial charge in [-0.25, -0.2) is 9.97 Å². The van der Waals surface area contributed by atoms with Gasteiger partial charge in [-0.15, -0.1) is 0 Å². The van der Waals surface area contributed by atoms with E-state index >= 15 is 0 Å². The van der Waals surface area contributed by atoms with E-state index in [1.165, 1.54) is 43.0 Å². The lowest BCUT2D eigenvalue weighted by Gasteiger charge is -2.25. The Labute approximate surface area is 129 Å². The predicted octanol–water partition coefficient (Wildman–Crippen LogP) is 3.61. The average Bonchev–Trinajstić information content (AvgIpc) is 3.17. The van der Waals surface area contributed by atoms with Crippen molar-refractivity contribution in [1.82, 2.24) is 19.5 Å². The van der Waals surface area contributed by atoms with E-state index in [-0.39, 0.29) is 0 Å². The molecule has 5 heteroatoms. The number of rotatable bonds is 4. The zero-order valence-electron chi connectivity index (χ0n) is 13.0. The number of hydrogen-bond acceptors (Lipinski definition) is 3. The van der Waals surface area contributed by atoms with Gasteiger partial charge < -0.3 is 14.3 Å². The first-order chi connectivity index (χ1) is 10.9. The number of H-pyrrole nitrogens is 1. The Hall–Kier alpha value is -1.88. The molecule has 1 aliphatic carbocycles. The third-order valence-electron chi connectivity index (χ3n) is 4.78. The molecule has 0 bridgehead atoms. The van der Waals surface area contributed by atoms with Crippen LogP contribution in [0, 0.1) is 0 Å². The van der Waals surface area contributed by atoms with Gasteiger partial charge in [0.25, 0.3) is 0 Å². The Morgan fingerprint density at radius 2 is 2.18 bits per heavy atom. The van der Waals surface area contributed by atoms with Crippen molar-refractivity contribution in [3.05, 3.63) is 24.3 Å². The number of nitrogens with zero attached hydrogens (tertiary/aromatic N) is 3. The molecule has 0 spiro atoms. The molecule has 0 unspecified atom stereocenters. The van der Waals surface area contributed by atoms with Crippen molar-refractivity contribution in [2.24, 2.45) is 0 Å². The molecule has 0 aromatic carbocycles. The van der Waals surface area contributed by atoms with Crippen LogP contribution in [0.25, 0.3) is 22.1 Å². The van der Waals surface area contributed by atoms with Crippen LogP contribution < -0.4 is 0 Å². The van der Waals surface area contributed by atoms with Gasteiger partial charge in [0.05, 0.1) is 18.3 Å². The molecule has 0 saturated heterocycles. The van der Waals surface area contributed by atoms with Gasteiger partial charge in [-0.05, 0) is 18.9 Å². The minimum atomic E-state index is 0.561. The molecule has 0 atom stereocenters. The van der Waals surface area contributed by atoms with Crippen molar-refractivity contribution in [3.8, 4) is 0 Å². The molecule has 3 aromatic heterocycles. The fourth-order valence-electron chi connectivity index (χ4n) is 3.74. The summed E-state index contributed by atoms with van der Waals surface area (Å²) >= 11 is 0. The summed E-state index contributed by atoms with van der Waals surface area (Å²) in [6.07, 6.45) is 11.2. The van der Waals surface area contributed by atoms with Crippen LogP contribution in [-0.4, -0.2) is 33.2 Å². The molecule has 3 heterocycles. The highest BCUT2D eigenvalue weighted by molar-refractivity contribution is 6.01. The van der Waals surface area contributed by atoms with Crippen LogP contribution in [0.5, 0.6) is 0 Å². The lowest BCUT2D eigenvalue weighted by molar-refractivity contribution is 0.198. The number of fused-ring (bicyclic) bond motifs is 3. The van der Waals surface area contributed by atoms with E-state index in [9.17, 15) is 0 Å². The van der Waals surface area contributed by atoms with Crippen molar-refractivity contribution >= 4 is 22.1 Å². The van der Waals surface area contributed by atoms with Gasteiger partial charge in [-0.2, -0.15) is 0 Å². The highest BCUT2D eigenvalue weighted by Gasteiger charge is 2.23. The average molecular weight is 298 g/mol. The lowest BCUT2D eigenvalue weighted by atomic mass is 9.95. The fourth-order valence-corrected chi connectivity index (χ4v) is 3.74. The zero-order valence-corrected chi connectivity index (χ0v) is 13.0. The number of imidazole rings is 1. The zero-order chi connectivity index (χ0) is 14.9. The van der Waals surface area contributed by atoms with Crippen molar-refractivity contribution in [2.75, 3.05) is 13.7 Å². The smallest absolute Gasteiger partial charge is 0.139 e. The van der Waals surface area contributed by atoms with Crippen molar-refractivity contribution in [3.63, 3.8) is 0 Å². The number of methoxy groups -OCH3 is 1. The molecule has 1 N–H and O–H groups in total. The van der Waals surface area contributed by atoms with E-state index in [4.69, 9.17) is 9.72 Å². The number of aromatic nitrogens is 4. The van der Waals surface area contributed by atoms with Gasteiger partial charge in [0.2, 0.25) is 0 Å². The number of pyridine rings is 1. The van der Waals surface area contributed by atoms with Crippen LogP contribution in [0.4, 0.5) is 0 Å². The first-order valence-electron chi connectivity index (χ1n) is 8.20. The van der Waals surface area contributed by atoms with E-state index < -0.39 is 0 Å². The summed E-state index contributed by atoms with van der Waals surface area (Å²) in [5.74, 6) is 1.14. The number of nitrogens with one attached hydrogen (secondary N) is 1. The van der Waals surface area contributed by atoms with E-state index in [0.29, 0.717) is 12.6 Å². The quantitative estimate of drug-likeness (QED) is 0.800. The number of ether oxygens (including phenoxy) is 1. The standard InChI is InChI=1S/C17H22N4O/c1-22-10-8-15-20-14-11-19-17-13(7-9-18-17)16(14)21(15)12-5-3-2-4-6-12/h7,9,11-12H,2-6,8,10H2,1H3,(H,18,19). The van der Waals surface area contributed by atoms with E-state index in [1.54, 1.807) is 7.11 Å². The molecule has 0 radical (unpaired) electrons. The third kappa shape index (κ3) is 2.20. The number of aromatic amines is 1. The molecule has 116 valence electrons. The molecule has 1 saturated carbocycles. The summed E-state index contributed by atoms with van der Waals surface area (Å²) in [7, 11) is 1.75. The summed E-state index contributed by atoms with van der Waals surface area (Å²) < 4.78 is 7.76. The Kier molecular flexibility index (Phi) is 3.58. The molecule has 22 heavy (non-hydrogen) atoms. The maximum Gasteiger partial charge on any atom is 0.139 e. The second-order valence-electron chi connectivity index (χ2n) is 6.16. The van der Waals surface area contributed by atoms with E-state index in [2.05, 4.69) is 20.6 Å². The van der Waals surface area contributed by atoms with Crippen LogP contribution in [0.15, 0.2) is 18.5 Å². The molecule has 0 aliphatic heterocycles. The fraction of sp³-hybridized carbons (Fsp3) is 0.529. The highest BCUT2D eigenvalue weighted by Crippen LogP contribution is 2.34. The first-order valence-corrected chi connectivity index (χ1v) is 8.20. The summed E-state index contributed by atoms with van der Waals surface area (Å²) in [6, 6.07) is 2.68. The molecule has 1 fully saturated rings. The summed E-state index contributed by atoms with van der Waals surface area (Å²) in [5, 5.41) is 1.18. The van der Waals surface area contributed by atoms with Gasteiger partial charge in [-0.3, -0.25) is 0 Å². The van der Waals surface area contributed by atoms with Crippen molar-refractivity contribution < 1.29 is 4.74 Å². The summed E-state index contributed by atoms with van der Waals surface area (Å²) in [6.45, 7) is 0.708. The van der Waals surface area contributed by atoms with Crippen molar-refractivity contribution in [2.45, 2.75) is 44.6 Å². The topological polar surface area (TPSA) is 55.7 Å². The Morgan fingerprint density at radius 1 is 1.32 bits per heavy atom.